The number of hydrogen-bond acceptors (Lipinski definition) is 5. The third kappa shape index (κ3) is 4.42. The van der Waals surface area contributed by atoms with Gasteiger partial charge >= 0.3 is 5.69 Å². The van der Waals surface area contributed by atoms with E-state index in [0.717, 1.165) is 15.7 Å². The molecule has 8 nitrogen and oxygen atoms in total. The van der Waals surface area contributed by atoms with Crippen molar-refractivity contribution in [3.63, 3.8) is 0 Å². The number of aliphatic hydroxyl groups excluding tert-OH is 1. The predicted octanol–water partition coefficient (Wildman–Crippen LogP) is 2.45. The van der Waals surface area contributed by atoms with Gasteiger partial charge in [0.05, 0.1) is 6.54 Å². The van der Waals surface area contributed by atoms with Crippen molar-refractivity contribution in [1.29, 1.82) is 0 Å². The fourth-order valence-corrected chi connectivity index (χ4v) is 3.54. The number of aromatic amines is 1. The van der Waals surface area contributed by atoms with E-state index in [1.807, 2.05) is 31.2 Å². The van der Waals surface area contributed by atoms with Gasteiger partial charge in [0.2, 0.25) is 0 Å². The number of benzene rings is 2. The lowest BCUT2D eigenvalue weighted by Crippen LogP contribution is -2.34. The second-order valence-corrected chi connectivity index (χ2v) is 7.76. The summed E-state index contributed by atoms with van der Waals surface area (Å²) in [6.45, 7) is 0.711. The predicted molar refractivity (Wildman–Crippen MR) is 118 cm³/mol. The summed E-state index contributed by atoms with van der Waals surface area (Å²) < 4.78 is 35.5. The van der Waals surface area contributed by atoms with E-state index in [0.29, 0.717) is 5.56 Å². The zero-order chi connectivity index (χ0) is 23.7. The minimum Gasteiger partial charge on any atom is -0.486 e. The Bertz CT molecular complexity index is 1420. The standard InChI is InChI=1S/C23H22F2N4O4/c1-13-3-5-14(6-4-13)12-33-18-8-7-15(9-17(18)25)20-26-21-19(28(20)2)22(31)27-23(32)29(21)11-16(30)10-24/h3-9,16,30H,10-12H2,1-2H3,(H,27,31,32). The Morgan fingerprint density at radius 3 is 2.58 bits per heavy atom. The summed E-state index contributed by atoms with van der Waals surface area (Å²) in [6.07, 6.45) is -1.44. The van der Waals surface area contributed by atoms with E-state index in [-0.39, 0.29) is 35.9 Å². The first-order valence-electron chi connectivity index (χ1n) is 10.2. The molecule has 2 heterocycles. The lowest BCUT2D eigenvalue weighted by atomic mass is 10.1. The van der Waals surface area contributed by atoms with Crippen LogP contribution in [0.1, 0.15) is 11.1 Å². The van der Waals surface area contributed by atoms with Gasteiger partial charge in [0, 0.05) is 12.6 Å². The zero-order valence-electron chi connectivity index (χ0n) is 18.0. The third-order valence-electron chi connectivity index (χ3n) is 5.29. The van der Waals surface area contributed by atoms with Crippen molar-refractivity contribution in [2.45, 2.75) is 26.2 Å². The second-order valence-electron chi connectivity index (χ2n) is 7.76. The maximum atomic E-state index is 14.8. The SMILES string of the molecule is Cc1ccc(COc2ccc(-c3nc4c(c(=O)[nH]c(=O)n4CC(O)CF)n3C)cc2F)cc1. The Kier molecular flexibility index (Phi) is 6.10. The molecule has 33 heavy (non-hydrogen) atoms. The summed E-state index contributed by atoms with van der Waals surface area (Å²) in [5.74, 6) is -0.349. The lowest BCUT2D eigenvalue weighted by molar-refractivity contribution is 0.121. The maximum absolute atomic E-state index is 14.8. The number of nitrogens with one attached hydrogen (secondary N) is 1. The van der Waals surface area contributed by atoms with Gasteiger partial charge in [-0.05, 0) is 30.7 Å². The van der Waals surface area contributed by atoms with Gasteiger partial charge in [-0.15, -0.1) is 0 Å². The first-order chi connectivity index (χ1) is 15.8. The number of fused-ring (bicyclic) bond motifs is 1. The number of aryl methyl sites for hydroxylation is 2. The fourth-order valence-electron chi connectivity index (χ4n) is 3.54. The third-order valence-corrected chi connectivity index (χ3v) is 5.29. The number of halogens is 2. The number of hydrogen-bond donors (Lipinski definition) is 2. The number of imidazole rings is 1. The molecule has 0 bridgehead atoms. The van der Waals surface area contributed by atoms with Crippen LogP contribution in [-0.4, -0.2) is 37.0 Å². The molecule has 4 rings (SSSR count). The molecule has 1 atom stereocenters. The topological polar surface area (TPSA) is 102 Å². The largest absolute Gasteiger partial charge is 0.486 e. The van der Waals surface area contributed by atoms with Gasteiger partial charge in [-0.1, -0.05) is 29.8 Å². The van der Waals surface area contributed by atoms with Crippen molar-refractivity contribution in [1.82, 2.24) is 19.1 Å². The normalized spacial score (nSPS) is 12.3. The fraction of sp³-hybridized carbons (Fsp3) is 0.261. The minimum absolute atomic E-state index is 0.0335. The molecule has 10 heteroatoms. The van der Waals surface area contributed by atoms with Crippen LogP contribution in [0.3, 0.4) is 0 Å². The molecule has 0 aliphatic carbocycles. The van der Waals surface area contributed by atoms with Crippen LogP contribution in [0.5, 0.6) is 5.75 Å². The van der Waals surface area contributed by atoms with E-state index < -0.39 is 29.8 Å². The molecule has 2 aromatic heterocycles. The number of aliphatic hydroxyl groups is 1. The molecule has 4 aromatic rings. The first kappa shape index (κ1) is 22.4. The van der Waals surface area contributed by atoms with Gasteiger partial charge in [-0.25, -0.2) is 18.6 Å². The summed E-state index contributed by atoms with van der Waals surface area (Å²) in [4.78, 5) is 31.1. The Hall–Kier alpha value is -3.79. The number of nitrogens with zero attached hydrogens (tertiary/aromatic N) is 3. The summed E-state index contributed by atoms with van der Waals surface area (Å²) in [5.41, 5.74) is 0.840. The average Bonchev–Trinajstić information content (AvgIpc) is 3.14. The monoisotopic (exact) mass is 456 g/mol. The number of alkyl halides is 1. The molecule has 0 radical (unpaired) electrons. The van der Waals surface area contributed by atoms with E-state index >= 15 is 0 Å². The van der Waals surface area contributed by atoms with Crippen LogP contribution < -0.4 is 16.0 Å². The van der Waals surface area contributed by atoms with Crippen molar-refractivity contribution in [3.8, 4) is 17.1 Å². The number of aromatic nitrogens is 4. The first-order valence-corrected chi connectivity index (χ1v) is 10.2. The van der Waals surface area contributed by atoms with Crippen LogP contribution in [0, 0.1) is 12.7 Å². The second kappa shape index (κ2) is 8.99. The minimum atomic E-state index is -1.44. The van der Waals surface area contributed by atoms with Gasteiger partial charge in [0.1, 0.15) is 25.2 Å². The molecule has 0 fully saturated rings. The van der Waals surface area contributed by atoms with Crippen molar-refractivity contribution < 1.29 is 18.6 Å². The molecule has 0 saturated heterocycles. The molecule has 172 valence electrons. The highest BCUT2D eigenvalue weighted by Crippen LogP contribution is 2.27. The quantitative estimate of drug-likeness (QED) is 0.445. The van der Waals surface area contributed by atoms with Crippen LogP contribution in [-0.2, 0) is 20.2 Å². The van der Waals surface area contributed by atoms with Crippen LogP contribution in [0.25, 0.3) is 22.6 Å². The molecular formula is C23H22F2N4O4. The van der Waals surface area contributed by atoms with Gasteiger partial charge in [0.25, 0.3) is 5.56 Å². The van der Waals surface area contributed by atoms with Gasteiger partial charge in [-0.2, -0.15) is 0 Å². The van der Waals surface area contributed by atoms with Gasteiger partial charge in [-0.3, -0.25) is 14.3 Å². The van der Waals surface area contributed by atoms with Gasteiger partial charge < -0.3 is 14.4 Å². The van der Waals surface area contributed by atoms with Crippen molar-refractivity contribution >= 4 is 11.2 Å². The molecule has 0 saturated carbocycles. The molecule has 2 aromatic carbocycles. The summed E-state index contributed by atoms with van der Waals surface area (Å²) in [7, 11) is 1.54. The van der Waals surface area contributed by atoms with E-state index in [9.17, 15) is 23.5 Å². The Morgan fingerprint density at radius 1 is 1.18 bits per heavy atom. The van der Waals surface area contributed by atoms with E-state index in [2.05, 4.69) is 9.97 Å². The summed E-state index contributed by atoms with van der Waals surface area (Å²) in [6, 6.07) is 12.0. The summed E-state index contributed by atoms with van der Waals surface area (Å²) in [5, 5.41) is 9.65. The smallest absolute Gasteiger partial charge is 0.330 e. The zero-order valence-corrected chi connectivity index (χ0v) is 18.0. The highest BCUT2D eigenvalue weighted by atomic mass is 19.1. The van der Waals surface area contributed by atoms with Crippen LogP contribution in [0.15, 0.2) is 52.1 Å². The Balaban J connectivity index is 1.69. The molecule has 2 N–H and O–H groups in total. The number of ether oxygens (including phenoxy) is 1. The van der Waals surface area contributed by atoms with Crippen molar-refractivity contribution in [3.05, 3.63) is 80.2 Å². The number of H-pyrrole nitrogens is 1. The maximum Gasteiger partial charge on any atom is 0.330 e. The van der Waals surface area contributed by atoms with Crippen molar-refractivity contribution in [2.24, 2.45) is 7.05 Å². The highest BCUT2D eigenvalue weighted by Gasteiger charge is 2.20. The molecule has 1 unspecified atom stereocenters. The molecular weight excluding hydrogens is 434 g/mol. The van der Waals surface area contributed by atoms with Gasteiger partial charge in [0.15, 0.2) is 22.7 Å². The van der Waals surface area contributed by atoms with E-state index in [1.165, 1.54) is 16.7 Å². The number of rotatable bonds is 7. The molecule has 0 amide bonds. The molecule has 0 spiro atoms. The van der Waals surface area contributed by atoms with E-state index in [1.54, 1.807) is 13.1 Å². The Morgan fingerprint density at radius 2 is 1.91 bits per heavy atom. The van der Waals surface area contributed by atoms with Crippen molar-refractivity contribution in [2.75, 3.05) is 6.67 Å². The summed E-state index contributed by atoms with van der Waals surface area (Å²) >= 11 is 0. The van der Waals surface area contributed by atoms with Crippen LogP contribution in [0.4, 0.5) is 8.78 Å². The van der Waals surface area contributed by atoms with Crippen LogP contribution in [0.2, 0.25) is 0 Å². The highest BCUT2D eigenvalue weighted by molar-refractivity contribution is 5.77. The van der Waals surface area contributed by atoms with E-state index in [4.69, 9.17) is 4.74 Å². The lowest BCUT2D eigenvalue weighted by Gasteiger charge is -2.09. The molecule has 0 aliphatic rings. The average molecular weight is 456 g/mol. The van der Waals surface area contributed by atoms with Crippen LogP contribution >= 0.6 is 0 Å². The molecule has 0 aliphatic heterocycles. The Labute approximate surface area is 186 Å².